The van der Waals surface area contributed by atoms with Gasteiger partial charge in [-0.25, -0.2) is 9.37 Å². The van der Waals surface area contributed by atoms with E-state index in [1.807, 2.05) is 6.92 Å². The number of carbonyl (C=O) groups is 2. The Morgan fingerprint density at radius 3 is 2.83 bits per heavy atom. The Kier molecular flexibility index (Phi) is 4.59. The molecule has 1 aromatic carbocycles. The van der Waals surface area contributed by atoms with Crippen LogP contribution in [0.4, 0.5) is 10.1 Å². The van der Waals surface area contributed by atoms with E-state index >= 15 is 0 Å². The van der Waals surface area contributed by atoms with Crippen molar-refractivity contribution in [2.75, 3.05) is 11.9 Å². The maximum Gasteiger partial charge on any atom is 0.226 e. The van der Waals surface area contributed by atoms with Gasteiger partial charge in [-0.2, -0.15) is 0 Å². The lowest BCUT2D eigenvalue weighted by Gasteiger charge is -2.09. The molecule has 0 radical (unpaired) electrons. The van der Waals surface area contributed by atoms with Crippen LogP contribution in [0.5, 0.6) is 0 Å². The molecular weight excluding hydrogens is 311 g/mol. The summed E-state index contributed by atoms with van der Waals surface area (Å²) in [6.07, 6.45) is 5.77. The number of hydrogen-bond donors (Lipinski definition) is 2. The van der Waals surface area contributed by atoms with Gasteiger partial charge in [-0.15, -0.1) is 0 Å². The van der Waals surface area contributed by atoms with Gasteiger partial charge in [-0.3, -0.25) is 9.59 Å². The topological polar surface area (TPSA) is 76.0 Å². The van der Waals surface area contributed by atoms with Crippen LogP contribution in [-0.2, 0) is 9.59 Å². The fraction of sp³-hybridized carbons (Fsp3) is 0.353. The number of carbonyl (C=O) groups excluding carboxylic acids is 2. The predicted molar refractivity (Wildman–Crippen MR) is 87.0 cm³/mol. The number of hydrogen-bond acceptors (Lipinski definition) is 3. The largest absolute Gasteiger partial charge is 0.355 e. The van der Waals surface area contributed by atoms with Gasteiger partial charge in [0.05, 0.1) is 12.0 Å². The highest BCUT2D eigenvalue weighted by atomic mass is 19.1. The smallest absolute Gasteiger partial charge is 0.226 e. The lowest BCUT2D eigenvalue weighted by molar-refractivity contribution is -0.122. The summed E-state index contributed by atoms with van der Waals surface area (Å²) in [6.45, 7) is 2.31. The fourth-order valence-electron chi connectivity index (χ4n) is 2.54. The van der Waals surface area contributed by atoms with Crippen molar-refractivity contribution in [3.8, 4) is 5.69 Å². The minimum absolute atomic E-state index is 0.00558. The van der Waals surface area contributed by atoms with Crippen molar-refractivity contribution in [1.29, 1.82) is 0 Å². The van der Waals surface area contributed by atoms with Gasteiger partial charge >= 0.3 is 0 Å². The summed E-state index contributed by atoms with van der Waals surface area (Å²) in [5.41, 5.74) is 0.736. The van der Waals surface area contributed by atoms with Crippen LogP contribution in [0.3, 0.4) is 0 Å². The molecule has 0 aliphatic heterocycles. The lowest BCUT2D eigenvalue weighted by Crippen LogP contribution is -2.29. The maximum absolute atomic E-state index is 14.1. The molecule has 3 rings (SSSR count). The Hall–Kier alpha value is -2.70. The molecule has 24 heavy (non-hydrogen) atoms. The third kappa shape index (κ3) is 3.79. The Morgan fingerprint density at radius 2 is 2.21 bits per heavy atom. The molecule has 1 saturated carbocycles. The third-order valence-electron chi connectivity index (χ3n) is 4.11. The van der Waals surface area contributed by atoms with E-state index in [4.69, 9.17) is 0 Å². The molecule has 2 N–H and O–H groups in total. The van der Waals surface area contributed by atoms with E-state index in [-0.39, 0.29) is 30.7 Å². The first-order valence-corrected chi connectivity index (χ1v) is 7.90. The molecule has 0 bridgehead atoms. The van der Waals surface area contributed by atoms with E-state index in [0.717, 1.165) is 6.42 Å². The van der Waals surface area contributed by atoms with E-state index in [1.165, 1.54) is 12.4 Å². The standard InChI is InChI=1S/C17H19FN4O2/c1-11-8-13(11)17(24)20-5-4-16(23)21-12-2-3-15(14(18)9-12)22-7-6-19-10-22/h2-3,6-7,9-11,13H,4-5,8H2,1H3,(H,20,24)(H,21,23)/t11-,13+/m0/s1. The molecular formula is C17H19FN4O2. The second-order valence-corrected chi connectivity index (χ2v) is 6.04. The van der Waals surface area contributed by atoms with E-state index in [0.29, 0.717) is 17.3 Å². The SMILES string of the molecule is C[C@H]1C[C@H]1C(=O)NCCC(=O)Nc1ccc(-n2ccnc2)c(F)c1. The van der Waals surface area contributed by atoms with Gasteiger partial charge in [0.25, 0.3) is 0 Å². The zero-order valence-electron chi connectivity index (χ0n) is 13.3. The third-order valence-corrected chi connectivity index (χ3v) is 4.11. The quantitative estimate of drug-likeness (QED) is 0.852. The molecule has 0 saturated heterocycles. The zero-order chi connectivity index (χ0) is 17.1. The number of halogens is 1. The van der Waals surface area contributed by atoms with Crippen LogP contribution in [-0.4, -0.2) is 27.9 Å². The van der Waals surface area contributed by atoms with Crippen LogP contribution < -0.4 is 10.6 Å². The van der Waals surface area contributed by atoms with Crippen molar-refractivity contribution < 1.29 is 14.0 Å². The molecule has 0 spiro atoms. The lowest BCUT2D eigenvalue weighted by atomic mass is 10.2. The monoisotopic (exact) mass is 330 g/mol. The van der Waals surface area contributed by atoms with Crippen LogP contribution in [0, 0.1) is 17.7 Å². The molecule has 1 aliphatic rings. The first kappa shape index (κ1) is 16.2. The number of imidazole rings is 1. The molecule has 2 aromatic rings. The minimum Gasteiger partial charge on any atom is -0.355 e. The van der Waals surface area contributed by atoms with Crippen LogP contribution in [0.2, 0.25) is 0 Å². The number of benzene rings is 1. The van der Waals surface area contributed by atoms with E-state index in [1.54, 1.807) is 29.1 Å². The average molecular weight is 330 g/mol. The second-order valence-electron chi connectivity index (χ2n) is 6.04. The Morgan fingerprint density at radius 1 is 1.42 bits per heavy atom. The zero-order valence-corrected chi connectivity index (χ0v) is 13.3. The molecule has 1 aromatic heterocycles. The minimum atomic E-state index is -0.457. The first-order chi connectivity index (χ1) is 11.5. The first-order valence-electron chi connectivity index (χ1n) is 7.90. The molecule has 1 aliphatic carbocycles. The van der Waals surface area contributed by atoms with Crippen molar-refractivity contribution in [3.05, 3.63) is 42.7 Å². The Bertz CT molecular complexity index is 745. The fourth-order valence-corrected chi connectivity index (χ4v) is 2.54. The molecule has 1 heterocycles. The van der Waals surface area contributed by atoms with Crippen molar-refractivity contribution in [2.45, 2.75) is 19.8 Å². The summed E-state index contributed by atoms with van der Waals surface area (Å²) < 4.78 is 15.6. The summed E-state index contributed by atoms with van der Waals surface area (Å²) in [7, 11) is 0. The highest BCUT2D eigenvalue weighted by Crippen LogP contribution is 2.37. The van der Waals surface area contributed by atoms with Crippen molar-refractivity contribution in [3.63, 3.8) is 0 Å². The molecule has 0 unspecified atom stereocenters. The summed E-state index contributed by atoms with van der Waals surface area (Å²) in [5.74, 6) is -0.185. The van der Waals surface area contributed by atoms with Crippen LogP contribution in [0.15, 0.2) is 36.9 Å². The normalized spacial score (nSPS) is 18.9. The number of nitrogens with one attached hydrogen (secondary N) is 2. The average Bonchev–Trinajstić information content (AvgIpc) is 3.05. The summed E-state index contributed by atoms with van der Waals surface area (Å²) >= 11 is 0. The van der Waals surface area contributed by atoms with Gasteiger partial charge in [0, 0.05) is 37.0 Å². The number of anilines is 1. The van der Waals surface area contributed by atoms with Gasteiger partial charge in [0.15, 0.2) is 0 Å². The Labute approximate surface area is 139 Å². The molecule has 6 nitrogen and oxygen atoms in total. The van der Waals surface area contributed by atoms with E-state index < -0.39 is 5.82 Å². The van der Waals surface area contributed by atoms with Gasteiger partial charge in [-0.1, -0.05) is 6.92 Å². The van der Waals surface area contributed by atoms with Crippen molar-refractivity contribution in [2.24, 2.45) is 11.8 Å². The molecule has 126 valence electrons. The van der Waals surface area contributed by atoms with Crippen LogP contribution in [0.1, 0.15) is 19.8 Å². The van der Waals surface area contributed by atoms with E-state index in [9.17, 15) is 14.0 Å². The molecule has 2 atom stereocenters. The van der Waals surface area contributed by atoms with Crippen LogP contribution in [0.25, 0.3) is 5.69 Å². The van der Waals surface area contributed by atoms with Crippen molar-refractivity contribution >= 4 is 17.5 Å². The van der Waals surface area contributed by atoms with Gasteiger partial charge < -0.3 is 15.2 Å². The highest BCUT2D eigenvalue weighted by molar-refractivity contribution is 5.91. The van der Waals surface area contributed by atoms with Crippen molar-refractivity contribution in [1.82, 2.24) is 14.9 Å². The van der Waals surface area contributed by atoms with E-state index in [2.05, 4.69) is 15.6 Å². The second kappa shape index (κ2) is 6.82. The number of rotatable bonds is 6. The van der Waals surface area contributed by atoms with Gasteiger partial charge in [0.2, 0.25) is 11.8 Å². The number of nitrogens with zero attached hydrogens (tertiary/aromatic N) is 2. The predicted octanol–water partition coefficient (Wildman–Crippen LogP) is 2.11. The molecule has 2 amide bonds. The molecule has 7 heteroatoms. The summed E-state index contributed by atoms with van der Waals surface area (Å²) in [5, 5.41) is 5.37. The molecule has 1 fully saturated rings. The summed E-state index contributed by atoms with van der Waals surface area (Å²) in [4.78, 5) is 27.4. The highest BCUT2D eigenvalue weighted by Gasteiger charge is 2.38. The van der Waals surface area contributed by atoms with Gasteiger partial charge in [-0.05, 0) is 30.5 Å². The summed E-state index contributed by atoms with van der Waals surface area (Å²) in [6, 6.07) is 4.46. The van der Waals surface area contributed by atoms with Crippen LogP contribution >= 0.6 is 0 Å². The number of aromatic nitrogens is 2. The van der Waals surface area contributed by atoms with Gasteiger partial charge in [0.1, 0.15) is 5.82 Å². The maximum atomic E-state index is 14.1. The Balaban J connectivity index is 1.49. The number of amides is 2.